The van der Waals surface area contributed by atoms with Gasteiger partial charge in [0.15, 0.2) is 23.1 Å². The van der Waals surface area contributed by atoms with Crippen molar-refractivity contribution in [3.63, 3.8) is 0 Å². The summed E-state index contributed by atoms with van der Waals surface area (Å²) in [7, 11) is 0. The number of nitrogens with zero attached hydrogens (tertiary/aromatic N) is 6. The van der Waals surface area contributed by atoms with Gasteiger partial charge in [0.25, 0.3) is 0 Å². The van der Waals surface area contributed by atoms with Gasteiger partial charge in [-0.1, -0.05) is 31.5 Å². The van der Waals surface area contributed by atoms with Crippen molar-refractivity contribution in [1.82, 2.24) is 24.7 Å². The van der Waals surface area contributed by atoms with Gasteiger partial charge in [0.1, 0.15) is 17.2 Å². The van der Waals surface area contributed by atoms with Crippen molar-refractivity contribution in [2.24, 2.45) is 4.99 Å². The summed E-state index contributed by atoms with van der Waals surface area (Å²) in [5, 5.41) is 5.34. The molecule has 0 atom stereocenters. The quantitative estimate of drug-likeness (QED) is 0.518. The summed E-state index contributed by atoms with van der Waals surface area (Å²) in [5.74, 6) is 0.113. The molecular formula is C23H20FN7O. The van der Waals surface area contributed by atoms with Gasteiger partial charge in [-0.25, -0.2) is 29.0 Å². The van der Waals surface area contributed by atoms with Crippen LogP contribution in [0.1, 0.15) is 31.0 Å². The first kappa shape index (κ1) is 19.9. The lowest BCUT2D eigenvalue weighted by molar-refractivity contribution is -0.112. The van der Waals surface area contributed by atoms with E-state index in [0.29, 0.717) is 45.8 Å². The summed E-state index contributed by atoms with van der Waals surface area (Å²) in [6, 6.07) is 10.2. The molecule has 0 unspecified atom stereocenters. The maximum atomic E-state index is 14.2. The molecule has 0 fully saturated rings. The molecule has 32 heavy (non-hydrogen) atoms. The van der Waals surface area contributed by atoms with E-state index in [0.717, 1.165) is 6.42 Å². The van der Waals surface area contributed by atoms with Crippen molar-refractivity contribution >= 4 is 34.0 Å². The number of carbonyl (C=O) groups is 1. The number of hydrogen-bond donors (Lipinski definition) is 1. The molecular weight excluding hydrogens is 409 g/mol. The van der Waals surface area contributed by atoms with Crippen LogP contribution in [0.2, 0.25) is 0 Å². The number of benzene rings is 1. The van der Waals surface area contributed by atoms with E-state index in [1.165, 1.54) is 6.07 Å². The molecule has 0 aliphatic carbocycles. The van der Waals surface area contributed by atoms with E-state index < -0.39 is 0 Å². The number of fused-ring (bicyclic) bond motifs is 2. The van der Waals surface area contributed by atoms with Crippen molar-refractivity contribution in [2.45, 2.75) is 32.7 Å². The van der Waals surface area contributed by atoms with Crippen LogP contribution in [0.3, 0.4) is 0 Å². The molecule has 0 saturated heterocycles. The second-order valence-electron chi connectivity index (χ2n) is 7.61. The fraction of sp³-hybridized carbons (Fsp3) is 0.217. The van der Waals surface area contributed by atoms with Crippen molar-refractivity contribution in [1.29, 1.82) is 0 Å². The molecule has 0 spiro atoms. The molecule has 0 radical (unpaired) electrons. The van der Waals surface area contributed by atoms with Crippen molar-refractivity contribution < 1.29 is 9.18 Å². The smallest absolute Gasteiger partial charge is 0.183 e. The number of nitrogens with two attached hydrogens (primary N) is 1. The Labute approximate surface area is 183 Å². The van der Waals surface area contributed by atoms with E-state index in [2.05, 4.69) is 25.0 Å². The van der Waals surface area contributed by atoms with Crippen LogP contribution in [-0.2, 0) is 17.8 Å². The Morgan fingerprint density at radius 2 is 2.00 bits per heavy atom. The molecule has 4 aromatic rings. The van der Waals surface area contributed by atoms with E-state index in [9.17, 15) is 9.18 Å². The van der Waals surface area contributed by atoms with Gasteiger partial charge in [0, 0.05) is 11.8 Å². The number of nitrogen functional groups attached to an aromatic ring is 1. The van der Waals surface area contributed by atoms with E-state index in [-0.39, 0.29) is 36.2 Å². The average molecular weight is 429 g/mol. The summed E-state index contributed by atoms with van der Waals surface area (Å²) in [5.41, 5.74) is 9.18. The van der Waals surface area contributed by atoms with Crippen LogP contribution in [0.25, 0.3) is 22.6 Å². The van der Waals surface area contributed by atoms with Gasteiger partial charge in [-0.15, -0.1) is 0 Å². The number of aliphatic imine (C=N–C) groups is 1. The molecule has 8 nitrogen and oxygen atoms in total. The van der Waals surface area contributed by atoms with Gasteiger partial charge in [0.2, 0.25) is 0 Å². The molecule has 0 bridgehead atoms. The molecule has 0 amide bonds. The maximum Gasteiger partial charge on any atom is 0.183 e. The first-order chi connectivity index (χ1) is 15.5. The second kappa shape index (κ2) is 7.92. The Balaban J connectivity index is 1.62. The number of Topliss-reactive ketones (excluding diaryl/α,β-unsaturated/α-hetero) is 1. The first-order valence-corrected chi connectivity index (χ1v) is 10.4. The minimum Gasteiger partial charge on any atom is -0.382 e. The number of pyridine rings is 1. The van der Waals surface area contributed by atoms with Crippen LogP contribution >= 0.6 is 0 Å². The molecule has 1 aliphatic rings. The molecule has 3 aromatic heterocycles. The Morgan fingerprint density at radius 1 is 1.16 bits per heavy atom. The standard InChI is InChI=1S/C23H20FN7O/c1-2-6-16-18(32)11-17-20(27-16)21(25)29-22(28-17)19-14-8-5-10-26-23(14)31(30-19)12-13-7-3-4-9-15(13)24/h3-5,7-10H,2,6,11-12H2,1H3,(H2,25,28,29). The number of carbonyl (C=O) groups excluding carboxylic acids is 1. The van der Waals surface area contributed by atoms with Crippen molar-refractivity contribution in [3.05, 3.63) is 59.7 Å². The lowest BCUT2D eigenvalue weighted by Crippen LogP contribution is -2.22. The molecule has 9 heteroatoms. The third kappa shape index (κ3) is 3.41. The molecule has 0 saturated carbocycles. The Kier molecular flexibility index (Phi) is 4.93. The van der Waals surface area contributed by atoms with Gasteiger partial charge < -0.3 is 5.73 Å². The molecule has 2 N–H and O–H groups in total. The lowest BCUT2D eigenvalue weighted by atomic mass is 10.0. The highest BCUT2D eigenvalue weighted by Gasteiger charge is 2.26. The van der Waals surface area contributed by atoms with E-state index >= 15 is 0 Å². The van der Waals surface area contributed by atoms with E-state index in [1.807, 2.05) is 13.0 Å². The molecule has 1 aromatic carbocycles. The Morgan fingerprint density at radius 3 is 2.81 bits per heavy atom. The van der Waals surface area contributed by atoms with Crippen molar-refractivity contribution in [3.8, 4) is 11.5 Å². The fourth-order valence-electron chi connectivity index (χ4n) is 3.83. The summed E-state index contributed by atoms with van der Waals surface area (Å²) >= 11 is 0. The lowest BCUT2D eigenvalue weighted by Gasteiger charge is -2.15. The predicted molar refractivity (Wildman–Crippen MR) is 119 cm³/mol. The summed E-state index contributed by atoms with van der Waals surface area (Å²) in [6.07, 6.45) is 3.18. The van der Waals surface area contributed by atoms with Crippen LogP contribution in [0, 0.1) is 5.82 Å². The first-order valence-electron chi connectivity index (χ1n) is 10.4. The number of anilines is 1. The minimum absolute atomic E-state index is 0.0555. The second-order valence-corrected chi connectivity index (χ2v) is 7.61. The fourth-order valence-corrected chi connectivity index (χ4v) is 3.83. The van der Waals surface area contributed by atoms with Crippen molar-refractivity contribution in [2.75, 3.05) is 5.73 Å². The van der Waals surface area contributed by atoms with Gasteiger partial charge in [0.05, 0.1) is 29.8 Å². The Hall–Kier alpha value is -4.01. The number of ketones is 1. The molecule has 160 valence electrons. The monoisotopic (exact) mass is 429 g/mol. The molecule has 4 heterocycles. The zero-order valence-corrected chi connectivity index (χ0v) is 17.4. The largest absolute Gasteiger partial charge is 0.382 e. The minimum atomic E-state index is -0.317. The number of aromatic nitrogens is 5. The maximum absolute atomic E-state index is 14.2. The number of halogens is 1. The molecule has 1 aliphatic heterocycles. The number of rotatable bonds is 5. The van der Waals surface area contributed by atoms with Crippen LogP contribution in [0.15, 0.2) is 47.6 Å². The average Bonchev–Trinajstić information content (AvgIpc) is 3.15. The third-order valence-electron chi connectivity index (χ3n) is 5.36. The summed E-state index contributed by atoms with van der Waals surface area (Å²) in [4.78, 5) is 30.3. The van der Waals surface area contributed by atoms with E-state index in [1.54, 1.807) is 35.1 Å². The summed E-state index contributed by atoms with van der Waals surface area (Å²) in [6.45, 7) is 2.19. The highest BCUT2D eigenvalue weighted by molar-refractivity contribution is 6.41. The van der Waals surface area contributed by atoms with Crippen LogP contribution in [0.5, 0.6) is 0 Å². The van der Waals surface area contributed by atoms with Gasteiger partial charge in [-0.3, -0.25) is 4.79 Å². The normalized spacial score (nSPS) is 13.3. The number of hydrogen-bond acceptors (Lipinski definition) is 7. The zero-order valence-electron chi connectivity index (χ0n) is 17.4. The predicted octanol–water partition coefficient (Wildman–Crippen LogP) is 3.66. The van der Waals surface area contributed by atoms with Gasteiger partial charge in [-0.2, -0.15) is 5.10 Å². The van der Waals surface area contributed by atoms with E-state index in [4.69, 9.17) is 5.73 Å². The van der Waals surface area contributed by atoms with Gasteiger partial charge in [-0.05, 0) is 24.6 Å². The van der Waals surface area contributed by atoms with Crippen LogP contribution in [0.4, 0.5) is 15.9 Å². The van der Waals surface area contributed by atoms with Crippen LogP contribution in [-0.4, -0.2) is 36.2 Å². The SMILES string of the molecule is CCCC1=Nc2c(N)nc(-c3nn(Cc4ccccc4F)c4ncccc34)nc2CC1=O. The summed E-state index contributed by atoms with van der Waals surface area (Å²) < 4.78 is 15.8. The topological polar surface area (TPSA) is 112 Å². The molecule has 5 rings (SSSR count). The highest BCUT2D eigenvalue weighted by Crippen LogP contribution is 2.33. The Bertz CT molecular complexity index is 1390. The third-order valence-corrected chi connectivity index (χ3v) is 5.36. The van der Waals surface area contributed by atoms with Gasteiger partial charge >= 0.3 is 0 Å². The van der Waals surface area contributed by atoms with Crippen LogP contribution < -0.4 is 5.73 Å². The zero-order chi connectivity index (χ0) is 22.2. The highest BCUT2D eigenvalue weighted by atomic mass is 19.1.